The van der Waals surface area contributed by atoms with Crippen LogP contribution in [0.25, 0.3) is 0 Å². The fourth-order valence-corrected chi connectivity index (χ4v) is 1.66. The number of rotatable bonds is 3. The molecular formula is C12H15N3O3. The van der Waals surface area contributed by atoms with Crippen molar-refractivity contribution in [1.29, 1.82) is 0 Å². The fourth-order valence-electron chi connectivity index (χ4n) is 1.66. The van der Waals surface area contributed by atoms with E-state index in [1.165, 1.54) is 4.90 Å². The lowest BCUT2D eigenvalue weighted by atomic mass is 10.2. The smallest absolute Gasteiger partial charge is 0.317 e. The van der Waals surface area contributed by atoms with Gasteiger partial charge in [0.05, 0.1) is 19.9 Å². The Labute approximate surface area is 105 Å². The molecule has 0 aliphatic carbocycles. The summed E-state index contributed by atoms with van der Waals surface area (Å²) < 4.78 is 5.34. The topological polar surface area (TPSA) is 70.7 Å². The summed E-state index contributed by atoms with van der Waals surface area (Å²) in [5, 5.41) is 5.09. The third-order valence-corrected chi connectivity index (χ3v) is 2.54. The molecule has 6 nitrogen and oxygen atoms in total. The van der Waals surface area contributed by atoms with Gasteiger partial charge in [0.2, 0.25) is 0 Å². The molecule has 0 bridgehead atoms. The Hall–Kier alpha value is -2.24. The van der Waals surface area contributed by atoms with Crippen LogP contribution >= 0.6 is 0 Å². The first kappa shape index (κ1) is 12.2. The quantitative estimate of drug-likeness (QED) is 0.830. The third-order valence-electron chi connectivity index (χ3n) is 2.54. The largest absolute Gasteiger partial charge is 0.494 e. The first-order valence-corrected chi connectivity index (χ1v) is 5.74. The van der Waals surface area contributed by atoms with Gasteiger partial charge in [-0.1, -0.05) is 6.07 Å². The maximum absolute atomic E-state index is 12.1. The molecule has 2 rings (SSSR count). The molecule has 0 saturated carbocycles. The van der Waals surface area contributed by atoms with Gasteiger partial charge < -0.3 is 20.3 Å². The van der Waals surface area contributed by atoms with Crippen molar-refractivity contribution in [1.82, 2.24) is 15.5 Å². The van der Waals surface area contributed by atoms with Gasteiger partial charge in [-0.15, -0.1) is 0 Å². The number of hydrogen-bond donors (Lipinski definition) is 2. The molecule has 0 unspecified atom stereocenters. The van der Waals surface area contributed by atoms with Crippen molar-refractivity contribution in [3.05, 3.63) is 29.8 Å². The van der Waals surface area contributed by atoms with Crippen LogP contribution in [0.1, 0.15) is 17.3 Å². The van der Waals surface area contributed by atoms with Crippen LogP contribution in [0.2, 0.25) is 0 Å². The predicted molar refractivity (Wildman–Crippen MR) is 65.2 cm³/mol. The molecule has 6 heteroatoms. The number of carbonyl (C=O) groups is 2. The van der Waals surface area contributed by atoms with E-state index >= 15 is 0 Å². The maximum Gasteiger partial charge on any atom is 0.317 e. The van der Waals surface area contributed by atoms with E-state index in [9.17, 15) is 9.59 Å². The second kappa shape index (κ2) is 5.39. The van der Waals surface area contributed by atoms with Crippen molar-refractivity contribution in [2.75, 3.05) is 19.9 Å². The summed E-state index contributed by atoms with van der Waals surface area (Å²) in [6, 6.07) is 6.73. The van der Waals surface area contributed by atoms with Crippen LogP contribution in [0, 0.1) is 0 Å². The van der Waals surface area contributed by atoms with Crippen molar-refractivity contribution in [3.63, 3.8) is 0 Å². The summed E-state index contributed by atoms with van der Waals surface area (Å²) >= 11 is 0. The Bertz CT molecular complexity index is 452. The molecule has 1 fully saturated rings. The highest BCUT2D eigenvalue weighted by atomic mass is 16.5. The van der Waals surface area contributed by atoms with Crippen molar-refractivity contribution in [2.45, 2.75) is 6.92 Å². The second-order valence-corrected chi connectivity index (χ2v) is 3.80. The molecule has 18 heavy (non-hydrogen) atoms. The van der Waals surface area contributed by atoms with E-state index < -0.39 is 0 Å². The van der Waals surface area contributed by atoms with Crippen molar-refractivity contribution in [3.8, 4) is 5.75 Å². The van der Waals surface area contributed by atoms with E-state index in [4.69, 9.17) is 4.74 Å². The van der Waals surface area contributed by atoms with E-state index in [2.05, 4.69) is 10.6 Å². The highest BCUT2D eigenvalue weighted by Gasteiger charge is 2.20. The third kappa shape index (κ3) is 2.71. The number of carbonyl (C=O) groups excluding carboxylic acids is 2. The minimum Gasteiger partial charge on any atom is -0.494 e. The highest BCUT2D eigenvalue weighted by Crippen LogP contribution is 2.15. The van der Waals surface area contributed by atoms with Crippen LogP contribution in [0.3, 0.4) is 0 Å². The van der Waals surface area contributed by atoms with E-state index in [1.54, 1.807) is 24.3 Å². The second-order valence-electron chi connectivity index (χ2n) is 3.80. The van der Waals surface area contributed by atoms with E-state index in [-0.39, 0.29) is 25.3 Å². The predicted octanol–water partition coefficient (Wildman–Crippen LogP) is 0.755. The highest BCUT2D eigenvalue weighted by molar-refractivity contribution is 5.95. The van der Waals surface area contributed by atoms with Crippen molar-refractivity contribution in [2.24, 2.45) is 0 Å². The molecule has 3 amide bonds. The number of hydrogen-bond acceptors (Lipinski definition) is 3. The van der Waals surface area contributed by atoms with Crippen LogP contribution in [-0.2, 0) is 0 Å². The summed E-state index contributed by atoms with van der Waals surface area (Å²) in [5.74, 6) is 0.515. The average molecular weight is 249 g/mol. The van der Waals surface area contributed by atoms with Gasteiger partial charge in [0.1, 0.15) is 5.75 Å². The minimum atomic E-state index is -0.262. The van der Waals surface area contributed by atoms with Gasteiger partial charge in [0.15, 0.2) is 0 Å². The maximum atomic E-state index is 12.1. The lowest BCUT2D eigenvalue weighted by Crippen LogP contribution is -2.55. The van der Waals surface area contributed by atoms with E-state index in [1.807, 2.05) is 6.92 Å². The van der Waals surface area contributed by atoms with Crippen LogP contribution in [0.15, 0.2) is 24.3 Å². The van der Waals surface area contributed by atoms with Gasteiger partial charge in [-0.25, -0.2) is 4.79 Å². The van der Waals surface area contributed by atoms with Crippen LogP contribution in [0.5, 0.6) is 5.75 Å². The van der Waals surface area contributed by atoms with Gasteiger partial charge in [-0.05, 0) is 25.1 Å². The number of amides is 3. The van der Waals surface area contributed by atoms with Crippen LogP contribution < -0.4 is 15.4 Å². The van der Waals surface area contributed by atoms with Crippen molar-refractivity contribution < 1.29 is 14.3 Å². The van der Waals surface area contributed by atoms with Gasteiger partial charge in [0.25, 0.3) is 5.91 Å². The van der Waals surface area contributed by atoms with Gasteiger partial charge >= 0.3 is 6.03 Å². The van der Waals surface area contributed by atoms with E-state index in [0.29, 0.717) is 17.9 Å². The number of urea groups is 1. The minimum absolute atomic E-state index is 0.149. The molecule has 1 aromatic carbocycles. The van der Waals surface area contributed by atoms with E-state index in [0.717, 1.165) is 0 Å². The molecule has 1 aliphatic rings. The summed E-state index contributed by atoms with van der Waals surface area (Å²) in [5.41, 5.74) is 0.541. The zero-order valence-electron chi connectivity index (χ0n) is 10.1. The molecule has 0 radical (unpaired) electrons. The lowest BCUT2D eigenvalue weighted by molar-refractivity contribution is 0.0713. The van der Waals surface area contributed by atoms with Crippen molar-refractivity contribution >= 4 is 11.9 Å². The Kier molecular flexibility index (Phi) is 3.66. The van der Waals surface area contributed by atoms with Gasteiger partial charge in [-0.3, -0.25) is 4.79 Å². The molecule has 1 aliphatic heterocycles. The SMILES string of the molecule is CCOc1cccc(C(=O)N2CNC(=O)NC2)c1. The Morgan fingerprint density at radius 1 is 1.39 bits per heavy atom. The molecule has 1 heterocycles. The fraction of sp³-hybridized carbons (Fsp3) is 0.333. The zero-order chi connectivity index (χ0) is 13.0. The molecule has 1 aromatic rings. The molecule has 0 aromatic heterocycles. The van der Waals surface area contributed by atoms with Crippen LogP contribution in [-0.4, -0.2) is 36.8 Å². The summed E-state index contributed by atoms with van der Waals surface area (Å²) in [6.07, 6.45) is 0. The molecular weight excluding hydrogens is 234 g/mol. The number of benzene rings is 1. The first-order valence-electron chi connectivity index (χ1n) is 5.74. The normalized spacial score (nSPS) is 14.7. The Morgan fingerprint density at radius 2 is 2.11 bits per heavy atom. The molecule has 0 atom stereocenters. The summed E-state index contributed by atoms with van der Waals surface area (Å²) in [6.45, 7) is 2.87. The number of ether oxygens (including phenoxy) is 1. The summed E-state index contributed by atoms with van der Waals surface area (Å²) in [7, 11) is 0. The number of nitrogens with zero attached hydrogens (tertiary/aromatic N) is 1. The first-order chi connectivity index (χ1) is 8.70. The molecule has 2 N–H and O–H groups in total. The molecule has 0 spiro atoms. The van der Waals surface area contributed by atoms with Gasteiger partial charge in [0, 0.05) is 5.56 Å². The molecule has 1 saturated heterocycles. The molecule has 96 valence electrons. The lowest BCUT2D eigenvalue weighted by Gasteiger charge is -2.28. The summed E-state index contributed by atoms with van der Waals surface area (Å²) in [4.78, 5) is 24.6. The van der Waals surface area contributed by atoms with Gasteiger partial charge in [-0.2, -0.15) is 0 Å². The average Bonchev–Trinajstić information content (AvgIpc) is 2.39. The van der Waals surface area contributed by atoms with Crippen LogP contribution in [0.4, 0.5) is 4.79 Å². The number of nitrogens with one attached hydrogen (secondary N) is 2. The standard InChI is InChI=1S/C12H15N3O3/c1-2-18-10-5-3-4-9(6-10)11(16)15-7-13-12(17)14-8-15/h3-6H,2,7-8H2,1H3,(H2,13,14,17). The zero-order valence-corrected chi connectivity index (χ0v) is 10.1. The Balaban J connectivity index is 2.08. The Morgan fingerprint density at radius 3 is 2.78 bits per heavy atom. The monoisotopic (exact) mass is 249 g/mol.